The smallest absolute Gasteiger partial charge is 0.337 e. The zero-order valence-corrected chi connectivity index (χ0v) is 16.0. The van der Waals surface area contributed by atoms with Crippen LogP contribution in [0.25, 0.3) is 0 Å². The number of aromatic nitrogens is 3. The van der Waals surface area contributed by atoms with E-state index in [4.69, 9.17) is 16.3 Å². The number of carbonyl (C=O) groups excluding carboxylic acids is 1. The minimum absolute atomic E-state index is 0.390. The monoisotopic (exact) mass is 395 g/mol. The molecule has 0 bridgehead atoms. The first-order chi connectivity index (χ1) is 13.7. The van der Waals surface area contributed by atoms with E-state index in [1.54, 1.807) is 18.2 Å². The lowest BCUT2D eigenvalue weighted by Crippen LogP contribution is -2.26. The first-order valence-electron chi connectivity index (χ1n) is 8.86. The van der Waals surface area contributed by atoms with Crippen molar-refractivity contribution in [2.45, 2.75) is 12.8 Å². The van der Waals surface area contributed by atoms with Crippen LogP contribution in [0.3, 0.4) is 0 Å². The van der Waals surface area contributed by atoms with Crippen molar-refractivity contribution >= 4 is 40.7 Å². The molecule has 1 aliphatic heterocycles. The summed E-state index contributed by atoms with van der Waals surface area (Å²) in [6, 6.07) is 13.1. The summed E-state index contributed by atoms with van der Waals surface area (Å²) in [4.78, 5) is 18.4. The van der Waals surface area contributed by atoms with E-state index in [9.17, 15) is 4.79 Å². The van der Waals surface area contributed by atoms with Gasteiger partial charge in [-0.05, 0) is 42.7 Å². The quantitative estimate of drug-likeness (QED) is 0.665. The lowest BCUT2D eigenvalue weighted by atomic mass is 10.0. The van der Waals surface area contributed by atoms with Crippen molar-refractivity contribution in [1.29, 1.82) is 0 Å². The maximum Gasteiger partial charge on any atom is 0.337 e. The van der Waals surface area contributed by atoms with Gasteiger partial charge in [0.25, 0.3) is 5.95 Å². The largest absolute Gasteiger partial charge is 0.465 e. The number of hydrogen-bond acceptors (Lipinski definition) is 7. The molecule has 3 aromatic rings. The molecule has 2 aromatic carbocycles. The molecular formula is C20H18ClN5O2. The molecule has 0 spiro atoms. The fraction of sp³-hybridized carbons (Fsp3) is 0.200. The number of nitrogens with zero attached hydrogens (tertiary/aromatic N) is 4. The molecule has 4 rings (SSSR count). The van der Waals surface area contributed by atoms with Crippen molar-refractivity contribution < 1.29 is 9.53 Å². The first-order valence-corrected chi connectivity index (χ1v) is 9.23. The van der Waals surface area contributed by atoms with E-state index in [0.29, 0.717) is 28.0 Å². The number of carbonyl (C=O) groups is 1. The number of hydrogen-bond donors (Lipinski definition) is 1. The van der Waals surface area contributed by atoms with Crippen molar-refractivity contribution in [3.63, 3.8) is 0 Å². The Morgan fingerprint density at radius 3 is 2.96 bits per heavy atom. The molecule has 1 N–H and O–H groups in total. The molecule has 2 heterocycles. The second-order valence-electron chi connectivity index (χ2n) is 6.34. The summed E-state index contributed by atoms with van der Waals surface area (Å²) in [7, 11) is 1.33. The van der Waals surface area contributed by atoms with Crippen LogP contribution in [0.5, 0.6) is 0 Å². The minimum Gasteiger partial charge on any atom is -0.465 e. The molecule has 0 aliphatic carbocycles. The predicted octanol–water partition coefficient (Wildman–Crippen LogP) is 4.14. The Morgan fingerprint density at radius 1 is 1.25 bits per heavy atom. The summed E-state index contributed by atoms with van der Waals surface area (Å²) in [5.41, 5.74) is 3.29. The van der Waals surface area contributed by atoms with E-state index >= 15 is 0 Å². The molecule has 0 radical (unpaired) electrons. The minimum atomic E-state index is -0.439. The van der Waals surface area contributed by atoms with Gasteiger partial charge in [-0.15, -0.1) is 5.10 Å². The van der Waals surface area contributed by atoms with Crippen molar-refractivity contribution in [3.05, 3.63) is 64.8 Å². The second-order valence-corrected chi connectivity index (χ2v) is 6.74. The molecule has 0 fully saturated rings. The second kappa shape index (κ2) is 7.82. The highest BCUT2D eigenvalue weighted by molar-refractivity contribution is 6.33. The van der Waals surface area contributed by atoms with Crippen LogP contribution < -0.4 is 10.2 Å². The predicted molar refractivity (Wildman–Crippen MR) is 108 cm³/mol. The summed E-state index contributed by atoms with van der Waals surface area (Å²) in [5.74, 6) is 0.556. The van der Waals surface area contributed by atoms with Gasteiger partial charge in [-0.2, -0.15) is 10.1 Å². The first kappa shape index (κ1) is 18.2. The van der Waals surface area contributed by atoms with Gasteiger partial charge in [-0.3, -0.25) is 0 Å². The number of rotatable bonds is 4. The van der Waals surface area contributed by atoms with Crippen molar-refractivity contribution in [3.8, 4) is 0 Å². The number of methoxy groups -OCH3 is 1. The van der Waals surface area contributed by atoms with Gasteiger partial charge in [0.2, 0.25) is 0 Å². The van der Waals surface area contributed by atoms with Crippen LogP contribution >= 0.6 is 11.6 Å². The number of esters is 1. The van der Waals surface area contributed by atoms with Crippen LogP contribution in [0.4, 0.5) is 23.1 Å². The standard InChI is InChI=1S/C20H18ClN5O2/c1-28-19(27)14-8-9-15(21)16(11-14)23-18-12-22-25-20(24-18)26-10-4-6-13-5-2-3-7-17(13)26/h2-3,5,7-9,11-12H,4,6,10H2,1H3,(H,23,24,25). The van der Waals surface area contributed by atoms with E-state index in [-0.39, 0.29) is 0 Å². The number of halogens is 1. The van der Waals surface area contributed by atoms with Crippen molar-refractivity contribution in [2.24, 2.45) is 0 Å². The van der Waals surface area contributed by atoms with Gasteiger partial charge in [-0.25, -0.2) is 4.79 Å². The number of benzene rings is 2. The number of para-hydroxylation sites is 1. The average molecular weight is 396 g/mol. The summed E-state index contributed by atoms with van der Waals surface area (Å²) in [6.45, 7) is 0.820. The third-order valence-corrected chi connectivity index (χ3v) is 4.88. The highest BCUT2D eigenvalue weighted by Gasteiger charge is 2.20. The Hall–Kier alpha value is -3.19. The van der Waals surface area contributed by atoms with Crippen LogP contribution in [-0.4, -0.2) is 34.8 Å². The maximum atomic E-state index is 11.8. The molecule has 0 saturated carbocycles. The van der Waals surface area contributed by atoms with Gasteiger partial charge in [0.15, 0.2) is 5.82 Å². The number of nitrogens with one attached hydrogen (secondary N) is 1. The van der Waals surface area contributed by atoms with Gasteiger partial charge < -0.3 is 15.0 Å². The topological polar surface area (TPSA) is 80.2 Å². The summed E-state index contributed by atoms with van der Waals surface area (Å²) in [6.07, 6.45) is 3.57. The van der Waals surface area contributed by atoms with E-state index in [1.807, 2.05) is 12.1 Å². The van der Waals surface area contributed by atoms with Gasteiger partial charge >= 0.3 is 5.97 Å². The van der Waals surface area contributed by atoms with Gasteiger partial charge in [0, 0.05) is 12.2 Å². The molecule has 0 amide bonds. The van der Waals surface area contributed by atoms with E-state index in [0.717, 1.165) is 25.1 Å². The SMILES string of the molecule is COC(=O)c1ccc(Cl)c(Nc2cnnc(N3CCCc4ccccc43)n2)c1. The highest BCUT2D eigenvalue weighted by Crippen LogP contribution is 2.32. The lowest BCUT2D eigenvalue weighted by Gasteiger charge is -2.29. The molecule has 0 unspecified atom stereocenters. The maximum absolute atomic E-state index is 11.8. The van der Waals surface area contributed by atoms with Crippen molar-refractivity contribution in [2.75, 3.05) is 23.9 Å². The normalized spacial score (nSPS) is 13.0. The molecule has 0 saturated heterocycles. The molecular weight excluding hydrogens is 378 g/mol. The lowest BCUT2D eigenvalue weighted by molar-refractivity contribution is 0.0601. The fourth-order valence-electron chi connectivity index (χ4n) is 3.21. The van der Waals surface area contributed by atoms with Gasteiger partial charge in [0.05, 0.1) is 29.6 Å². The molecule has 28 heavy (non-hydrogen) atoms. The molecule has 7 nitrogen and oxygen atoms in total. The fourth-order valence-corrected chi connectivity index (χ4v) is 3.38. The van der Waals surface area contributed by atoms with Crippen LogP contribution in [0, 0.1) is 0 Å². The number of aryl methyl sites for hydroxylation is 1. The zero-order chi connectivity index (χ0) is 19.5. The number of ether oxygens (including phenoxy) is 1. The molecule has 1 aliphatic rings. The summed E-state index contributed by atoms with van der Waals surface area (Å²) in [5, 5.41) is 11.9. The highest BCUT2D eigenvalue weighted by atomic mass is 35.5. The van der Waals surface area contributed by atoms with E-state index in [2.05, 4.69) is 37.5 Å². The Bertz CT molecular complexity index is 1030. The van der Waals surface area contributed by atoms with Crippen LogP contribution in [0.2, 0.25) is 5.02 Å². The summed E-state index contributed by atoms with van der Waals surface area (Å²) >= 11 is 6.26. The van der Waals surface area contributed by atoms with Crippen LogP contribution in [0.1, 0.15) is 22.3 Å². The Kier molecular flexibility index (Phi) is 5.08. The molecule has 0 atom stereocenters. The Morgan fingerprint density at radius 2 is 2.11 bits per heavy atom. The Labute approximate surface area is 167 Å². The third-order valence-electron chi connectivity index (χ3n) is 4.55. The van der Waals surface area contributed by atoms with Crippen LogP contribution in [0.15, 0.2) is 48.7 Å². The Balaban J connectivity index is 1.63. The average Bonchev–Trinajstić information content (AvgIpc) is 2.74. The molecule has 142 valence electrons. The van der Waals surface area contributed by atoms with E-state index in [1.165, 1.54) is 18.9 Å². The molecule has 8 heteroatoms. The zero-order valence-electron chi connectivity index (χ0n) is 15.2. The number of fused-ring (bicyclic) bond motifs is 1. The van der Waals surface area contributed by atoms with Gasteiger partial charge in [-0.1, -0.05) is 29.8 Å². The summed E-state index contributed by atoms with van der Waals surface area (Å²) < 4.78 is 4.76. The van der Waals surface area contributed by atoms with Crippen molar-refractivity contribution in [1.82, 2.24) is 15.2 Å². The third kappa shape index (κ3) is 3.61. The molecule has 1 aromatic heterocycles. The van der Waals surface area contributed by atoms with E-state index < -0.39 is 5.97 Å². The number of anilines is 4. The van der Waals surface area contributed by atoms with Crippen LogP contribution in [-0.2, 0) is 11.2 Å². The van der Waals surface area contributed by atoms with Gasteiger partial charge in [0.1, 0.15) is 0 Å².